The van der Waals surface area contributed by atoms with E-state index < -0.39 is 18.0 Å². The molecule has 0 bridgehead atoms. The van der Waals surface area contributed by atoms with Crippen LogP contribution < -0.4 is 0 Å². The van der Waals surface area contributed by atoms with Crippen molar-refractivity contribution in [2.24, 2.45) is 0 Å². The summed E-state index contributed by atoms with van der Waals surface area (Å²) in [5.41, 5.74) is 0. The molecule has 0 saturated heterocycles. The van der Waals surface area contributed by atoms with Gasteiger partial charge in [0.1, 0.15) is 19.3 Å². The Labute approximate surface area is 117 Å². The minimum Gasteiger partial charge on any atom is -0.453 e. The number of carbonyl (C=O) groups is 2. The van der Waals surface area contributed by atoms with Gasteiger partial charge in [-0.15, -0.1) is 0 Å². The van der Waals surface area contributed by atoms with Gasteiger partial charge in [0.15, 0.2) is 0 Å². The van der Waals surface area contributed by atoms with Gasteiger partial charge >= 0.3 is 11.9 Å². The maximum atomic E-state index is 11.0. The van der Waals surface area contributed by atoms with E-state index in [1.54, 1.807) is 13.8 Å². The van der Waals surface area contributed by atoms with E-state index in [9.17, 15) is 14.7 Å². The maximum absolute atomic E-state index is 11.0. The fraction of sp³-hybridized carbons (Fsp3) is 0.333. The number of hydrogen-bond donors (Lipinski definition) is 1. The van der Waals surface area contributed by atoms with Crippen LogP contribution in [0.2, 0.25) is 0 Å². The first-order valence-electron chi connectivity index (χ1n) is 5.47. The Morgan fingerprint density at radius 2 is 1.30 bits per heavy atom. The second kappa shape index (κ2) is 11.2. The molecule has 5 heteroatoms. The van der Waals surface area contributed by atoms with E-state index in [4.69, 9.17) is 0 Å². The fourth-order valence-electron chi connectivity index (χ4n) is 0.754. The molecule has 0 saturated carbocycles. The third-order valence-electron chi connectivity index (χ3n) is 1.52. The van der Waals surface area contributed by atoms with E-state index >= 15 is 0 Å². The maximum Gasteiger partial charge on any atom is 0.385 e. The largest absolute Gasteiger partial charge is 0.453 e. The lowest BCUT2D eigenvalue weighted by Gasteiger charge is -2.08. The Morgan fingerprint density at radius 1 is 0.900 bits per heavy atom. The molecule has 0 aliphatic heterocycles. The van der Waals surface area contributed by atoms with Gasteiger partial charge in [-0.2, -0.15) is 0 Å². The Hall–Kier alpha value is -2.86. The van der Waals surface area contributed by atoms with Crippen molar-refractivity contribution >= 4 is 11.9 Å². The molecule has 0 amide bonds. The van der Waals surface area contributed by atoms with Gasteiger partial charge in [0.2, 0.25) is 0 Å². The SMILES string of the molecule is CC#CC#CC(=O)OCC(O)COC(=O)C#CC#CC. The van der Waals surface area contributed by atoms with Crippen LogP contribution in [0, 0.1) is 47.4 Å². The van der Waals surface area contributed by atoms with Gasteiger partial charge in [-0.1, -0.05) is 11.8 Å². The zero-order valence-corrected chi connectivity index (χ0v) is 11.1. The average molecular weight is 272 g/mol. The van der Waals surface area contributed by atoms with Crippen LogP contribution in [-0.2, 0) is 19.1 Å². The third kappa shape index (κ3) is 10.3. The first-order valence-corrected chi connectivity index (χ1v) is 5.47. The van der Waals surface area contributed by atoms with Crippen molar-refractivity contribution in [1.82, 2.24) is 0 Å². The number of esters is 2. The minimum absolute atomic E-state index is 0.345. The van der Waals surface area contributed by atoms with Crippen molar-refractivity contribution in [3.8, 4) is 47.4 Å². The van der Waals surface area contributed by atoms with E-state index in [1.807, 2.05) is 0 Å². The molecule has 20 heavy (non-hydrogen) atoms. The molecule has 0 aliphatic rings. The minimum atomic E-state index is -1.15. The number of ether oxygens (including phenoxy) is 2. The van der Waals surface area contributed by atoms with Crippen molar-refractivity contribution in [1.29, 1.82) is 0 Å². The second-order valence-electron chi connectivity index (χ2n) is 3.10. The molecule has 0 spiro atoms. The highest BCUT2D eigenvalue weighted by Crippen LogP contribution is 1.89. The van der Waals surface area contributed by atoms with Gasteiger partial charge in [-0.3, -0.25) is 0 Å². The van der Waals surface area contributed by atoms with Gasteiger partial charge in [0, 0.05) is 11.8 Å². The summed E-state index contributed by atoms with van der Waals surface area (Å²) in [7, 11) is 0. The summed E-state index contributed by atoms with van der Waals surface area (Å²) >= 11 is 0. The van der Waals surface area contributed by atoms with Crippen LogP contribution in [0.15, 0.2) is 0 Å². The standard InChI is InChI=1S/C15H12O5/c1-3-5-7-9-14(17)19-11-13(16)12-20-15(18)10-8-6-4-2/h13,16H,11-12H2,1-2H3. The third-order valence-corrected chi connectivity index (χ3v) is 1.52. The molecular weight excluding hydrogens is 260 g/mol. The molecule has 0 aliphatic carbocycles. The number of rotatable bonds is 4. The second-order valence-corrected chi connectivity index (χ2v) is 3.10. The Balaban J connectivity index is 3.98. The molecule has 0 radical (unpaired) electrons. The van der Waals surface area contributed by atoms with E-state index in [2.05, 4.69) is 56.8 Å². The zero-order chi connectivity index (χ0) is 15.2. The normalized spacial score (nSPS) is 7.40. The smallest absolute Gasteiger partial charge is 0.385 e. The van der Waals surface area contributed by atoms with Gasteiger partial charge < -0.3 is 14.6 Å². The summed E-state index contributed by atoms with van der Waals surface area (Å²) in [6.45, 7) is 2.46. The summed E-state index contributed by atoms with van der Waals surface area (Å²) in [4.78, 5) is 22.0. The summed E-state index contributed by atoms with van der Waals surface area (Å²) < 4.78 is 9.20. The van der Waals surface area contributed by atoms with Crippen LogP contribution in [0.1, 0.15) is 13.8 Å². The lowest BCUT2D eigenvalue weighted by Crippen LogP contribution is -2.24. The number of aliphatic hydroxyl groups excluding tert-OH is 1. The lowest BCUT2D eigenvalue weighted by molar-refractivity contribution is -0.145. The van der Waals surface area contributed by atoms with E-state index in [0.29, 0.717) is 0 Å². The molecule has 0 atom stereocenters. The predicted octanol–water partition coefficient (Wildman–Crippen LogP) is -0.513. The number of carbonyl (C=O) groups excluding carboxylic acids is 2. The Kier molecular flexibility index (Phi) is 9.64. The number of aliphatic hydroxyl groups is 1. The highest BCUT2D eigenvalue weighted by molar-refractivity contribution is 5.89. The van der Waals surface area contributed by atoms with Crippen LogP contribution in [0.4, 0.5) is 0 Å². The van der Waals surface area contributed by atoms with E-state index in [1.165, 1.54) is 0 Å². The summed E-state index contributed by atoms with van der Waals surface area (Å²) in [6.07, 6.45) is -1.15. The highest BCUT2D eigenvalue weighted by Gasteiger charge is 2.09. The lowest BCUT2D eigenvalue weighted by atomic mass is 10.4. The van der Waals surface area contributed by atoms with Crippen LogP contribution >= 0.6 is 0 Å². The number of hydrogen-bond acceptors (Lipinski definition) is 5. The van der Waals surface area contributed by atoms with E-state index in [-0.39, 0.29) is 13.2 Å². The van der Waals surface area contributed by atoms with Crippen molar-refractivity contribution in [2.75, 3.05) is 13.2 Å². The Morgan fingerprint density at radius 3 is 1.65 bits per heavy atom. The highest BCUT2D eigenvalue weighted by atomic mass is 16.6. The summed E-state index contributed by atoms with van der Waals surface area (Å²) in [5, 5.41) is 9.38. The molecule has 1 N–H and O–H groups in total. The van der Waals surface area contributed by atoms with E-state index in [0.717, 1.165) is 0 Å². The molecule has 102 valence electrons. The van der Waals surface area contributed by atoms with Gasteiger partial charge in [-0.25, -0.2) is 9.59 Å². The topological polar surface area (TPSA) is 72.8 Å². The monoisotopic (exact) mass is 272 g/mol. The van der Waals surface area contributed by atoms with Crippen LogP contribution in [0.5, 0.6) is 0 Å². The average Bonchev–Trinajstić information content (AvgIpc) is 2.43. The Bertz CT molecular complexity index is 533. The first kappa shape index (κ1) is 17.1. The summed E-state index contributed by atoms with van der Waals surface area (Å²) in [5.74, 6) is 16.7. The molecule has 5 nitrogen and oxygen atoms in total. The summed E-state index contributed by atoms with van der Waals surface area (Å²) in [6, 6.07) is 0. The van der Waals surface area contributed by atoms with Gasteiger partial charge in [-0.05, 0) is 37.5 Å². The fourth-order valence-corrected chi connectivity index (χ4v) is 0.754. The zero-order valence-electron chi connectivity index (χ0n) is 11.1. The first-order chi connectivity index (χ1) is 9.60. The van der Waals surface area contributed by atoms with Gasteiger partial charge in [0.05, 0.1) is 0 Å². The predicted molar refractivity (Wildman–Crippen MR) is 70.4 cm³/mol. The van der Waals surface area contributed by atoms with Crippen LogP contribution in [-0.4, -0.2) is 36.4 Å². The molecule has 0 fully saturated rings. The molecule has 0 heterocycles. The van der Waals surface area contributed by atoms with Crippen molar-refractivity contribution in [3.05, 3.63) is 0 Å². The molecule has 0 rings (SSSR count). The van der Waals surface area contributed by atoms with Crippen molar-refractivity contribution < 1.29 is 24.2 Å². The van der Waals surface area contributed by atoms with Crippen molar-refractivity contribution in [2.45, 2.75) is 20.0 Å². The molecule has 0 aromatic rings. The van der Waals surface area contributed by atoms with Crippen molar-refractivity contribution in [3.63, 3.8) is 0 Å². The molecular formula is C15H12O5. The molecule has 0 aromatic heterocycles. The van der Waals surface area contributed by atoms with Gasteiger partial charge in [0.25, 0.3) is 0 Å². The molecule has 0 unspecified atom stereocenters. The quantitative estimate of drug-likeness (QED) is 0.424. The van der Waals surface area contributed by atoms with Crippen LogP contribution in [0.25, 0.3) is 0 Å². The van der Waals surface area contributed by atoms with Crippen LogP contribution in [0.3, 0.4) is 0 Å². The molecule has 0 aromatic carbocycles.